The molecule has 0 rings (SSSR count). The molecule has 0 unspecified atom stereocenters. The minimum Gasteiger partial charge on any atom is -0.453 e. The second kappa shape index (κ2) is 17.0. The van der Waals surface area contributed by atoms with E-state index in [9.17, 15) is 9.59 Å². The molecule has 8 nitrogen and oxygen atoms in total. The Morgan fingerprint density at radius 1 is 0.826 bits per heavy atom. The molecule has 0 fully saturated rings. The molecule has 23 heavy (non-hydrogen) atoms. The molecule has 0 aromatic carbocycles. The van der Waals surface area contributed by atoms with E-state index in [0.29, 0.717) is 59.2 Å². The van der Waals surface area contributed by atoms with Crippen molar-refractivity contribution in [3.8, 4) is 0 Å². The van der Waals surface area contributed by atoms with E-state index in [2.05, 4.69) is 22.3 Å². The van der Waals surface area contributed by atoms with Crippen LogP contribution in [-0.4, -0.2) is 71.8 Å². The van der Waals surface area contributed by atoms with Gasteiger partial charge in [-0.25, -0.2) is 4.79 Å². The van der Waals surface area contributed by atoms with Gasteiger partial charge in [0.15, 0.2) is 0 Å². The van der Waals surface area contributed by atoms with Crippen LogP contribution in [0.2, 0.25) is 0 Å². The predicted molar refractivity (Wildman–Crippen MR) is 85.4 cm³/mol. The number of methoxy groups -OCH3 is 1. The molecular formula is C15H30N2O6. The maximum absolute atomic E-state index is 11.3. The van der Waals surface area contributed by atoms with E-state index in [1.54, 1.807) is 0 Å². The summed E-state index contributed by atoms with van der Waals surface area (Å²) in [6.07, 6.45) is 2.05. The molecule has 8 heteroatoms. The maximum Gasteiger partial charge on any atom is 0.406 e. The Labute approximate surface area is 138 Å². The molecule has 0 saturated carbocycles. The van der Waals surface area contributed by atoms with Gasteiger partial charge in [-0.3, -0.25) is 4.79 Å². The molecule has 0 atom stereocenters. The molecule has 0 bridgehead atoms. The Morgan fingerprint density at radius 3 is 1.87 bits per heavy atom. The summed E-state index contributed by atoms with van der Waals surface area (Å²) < 4.78 is 20.3. The van der Waals surface area contributed by atoms with Crippen LogP contribution in [0.1, 0.15) is 26.2 Å². The first-order valence-corrected chi connectivity index (χ1v) is 8.02. The highest BCUT2D eigenvalue weighted by Gasteiger charge is 1.99. The van der Waals surface area contributed by atoms with Gasteiger partial charge < -0.3 is 29.6 Å². The van der Waals surface area contributed by atoms with Gasteiger partial charge in [0.25, 0.3) is 0 Å². The van der Waals surface area contributed by atoms with Crippen LogP contribution in [0, 0.1) is 0 Å². The van der Waals surface area contributed by atoms with Crippen molar-refractivity contribution in [2.75, 3.05) is 59.8 Å². The van der Waals surface area contributed by atoms with E-state index in [-0.39, 0.29) is 5.91 Å². The van der Waals surface area contributed by atoms with Crippen LogP contribution >= 0.6 is 0 Å². The number of nitrogens with one attached hydrogen (secondary N) is 2. The minimum atomic E-state index is -0.469. The van der Waals surface area contributed by atoms with Gasteiger partial charge in [0.1, 0.15) is 0 Å². The fraction of sp³-hybridized carbons (Fsp3) is 0.867. The lowest BCUT2D eigenvalue weighted by molar-refractivity contribution is -0.121. The van der Waals surface area contributed by atoms with E-state index in [4.69, 9.17) is 14.2 Å². The maximum atomic E-state index is 11.3. The van der Waals surface area contributed by atoms with Gasteiger partial charge in [0.2, 0.25) is 5.91 Å². The number of carbonyl (C=O) groups is 2. The number of alkyl carbamates (subject to hydrolysis) is 1. The first-order valence-electron chi connectivity index (χ1n) is 8.02. The van der Waals surface area contributed by atoms with Gasteiger partial charge in [0, 0.05) is 19.5 Å². The Morgan fingerprint density at radius 2 is 1.35 bits per heavy atom. The third-order valence-corrected chi connectivity index (χ3v) is 2.77. The monoisotopic (exact) mass is 334 g/mol. The number of ether oxygens (including phenoxy) is 4. The molecule has 0 spiro atoms. The second-order valence-corrected chi connectivity index (χ2v) is 4.71. The van der Waals surface area contributed by atoms with Crippen molar-refractivity contribution >= 4 is 12.0 Å². The summed E-state index contributed by atoms with van der Waals surface area (Å²) in [4.78, 5) is 22.0. The normalized spacial score (nSPS) is 10.3. The van der Waals surface area contributed by atoms with E-state index in [1.807, 2.05) is 0 Å². The van der Waals surface area contributed by atoms with Crippen LogP contribution in [0.15, 0.2) is 0 Å². The molecule has 2 N–H and O–H groups in total. The average molecular weight is 334 g/mol. The number of carbonyl (C=O) groups excluding carboxylic acids is 2. The quantitative estimate of drug-likeness (QED) is 0.428. The molecule has 0 saturated heterocycles. The summed E-state index contributed by atoms with van der Waals surface area (Å²) in [5.41, 5.74) is 0. The average Bonchev–Trinajstić information content (AvgIpc) is 2.56. The molecule has 0 heterocycles. The third kappa shape index (κ3) is 16.8. The summed E-state index contributed by atoms with van der Waals surface area (Å²) in [6.45, 7) is 5.76. The topological polar surface area (TPSA) is 95.1 Å². The fourth-order valence-corrected chi connectivity index (χ4v) is 1.53. The number of hydrogen-bond acceptors (Lipinski definition) is 6. The molecular weight excluding hydrogens is 304 g/mol. The summed E-state index contributed by atoms with van der Waals surface area (Å²) >= 11 is 0. The standard InChI is InChI=1S/C15H30N2O6/c1-3-4-5-14(18)16-6-8-21-10-12-23-13-11-22-9-7-17-15(19)20-2/h3-13H2,1-2H3,(H,16,18)(H,17,19). The summed E-state index contributed by atoms with van der Waals surface area (Å²) in [7, 11) is 1.31. The van der Waals surface area contributed by atoms with Gasteiger partial charge in [-0.2, -0.15) is 0 Å². The van der Waals surface area contributed by atoms with E-state index in [0.717, 1.165) is 12.8 Å². The summed E-state index contributed by atoms with van der Waals surface area (Å²) in [6, 6.07) is 0. The van der Waals surface area contributed by atoms with Gasteiger partial charge in [-0.1, -0.05) is 13.3 Å². The van der Waals surface area contributed by atoms with E-state index >= 15 is 0 Å². The van der Waals surface area contributed by atoms with Crippen LogP contribution in [0.5, 0.6) is 0 Å². The largest absolute Gasteiger partial charge is 0.453 e. The Bertz CT molecular complexity index is 302. The Kier molecular flexibility index (Phi) is 16.0. The van der Waals surface area contributed by atoms with Gasteiger partial charge in [-0.05, 0) is 6.42 Å². The minimum absolute atomic E-state index is 0.0746. The molecule has 0 aliphatic carbocycles. The predicted octanol–water partition coefficient (Wildman–Crippen LogP) is 0.699. The third-order valence-electron chi connectivity index (χ3n) is 2.77. The summed E-state index contributed by atoms with van der Waals surface area (Å²) in [5, 5.41) is 5.30. The van der Waals surface area contributed by atoms with Crippen LogP contribution in [0.25, 0.3) is 0 Å². The van der Waals surface area contributed by atoms with Crippen LogP contribution in [0.3, 0.4) is 0 Å². The number of rotatable bonds is 15. The number of unbranched alkanes of at least 4 members (excludes halogenated alkanes) is 1. The van der Waals surface area contributed by atoms with Crippen LogP contribution < -0.4 is 10.6 Å². The zero-order valence-corrected chi connectivity index (χ0v) is 14.2. The molecule has 136 valence electrons. The molecule has 0 aliphatic rings. The molecule has 0 aliphatic heterocycles. The zero-order chi connectivity index (χ0) is 17.2. The molecule has 0 aromatic rings. The smallest absolute Gasteiger partial charge is 0.406 e. The lowest BCUT2D eigenvalue weighted by atomic mass is 10.2. The highest BCUT2D eigenvalue weighted by atomic mass is 16.5. The first kappa shape index (κ1) is 21.6. The number of amides is 2. The van der Waals surface area contributed by atoms with Crippen molar-refractivity contribution in [1.29, 1.82) is 0 Å². The van der Waals surface area contributed by atoms with Crippen LogP contribution in [0.4, 0.5) is 4.79 Å². The Balaban J connectivity index is 3.10. The highest BCUT2D eigenvalue weighted by Crippen LogP contribution is 1.92. The van der Waals surface area contributed by atoms with Crippen molar-refractivity contribution in [2.24, 2.45) is 0 Å². The van der Waals surface area contributed by atoms with Gasteiger partial charge in [0.05, 0.1) is 46.8 Å². The highest BCUT2D eigenvalue weighted by molar-refractivity contribution is 5.75. The van der Waals surface area contributed by atoms with Crippen molar-refractivity contribution in [3.05, 3.63) is 0 Å². The fourth-order valence-electron chi connectivity index (χ4n) is 1.53. The molecule has 0 radical (unpaired) electrons. The second-order valence-electron chi connectivity index (χ2n) is 4.71. The van der Waals surface area contributed by atoms with Crippen molar-refractivity contribution in [3.63, 3.8) is 0 Å². The van der Waals surface area contributed by atoms with Gasteiger partial charge >= 0.3 is 6.09 Å². The van der Waals surface area contributed by atoms with Gasteiger partial charge in [-0.15, -0.1) is 0 Å². The van der Waals surface area contributed by atoms with E-state index in [1.165, 1.54) is 7.11 Å². The van der Waals surface area contributed by atoms with E-state index < -0.39 is 6.09 Å². The Hall–Kier alpha value is -1.38. The SMILES string of the molecule is CCCCC(=O)NCCOCCOCCOCCNC(=O)OC. The molecule has 2 amide bonds. The lowest BCUT2D eigenvalue weighted by Gasteiger charge is -2.08. The van der Waals surface area contributed by atoms with Crippen molar-refractivity contribution < 1.29 is 28.5 Å². The number of hydrogen-bond donors (Lipinski definition) is 2. The molecule has 0 aromatic heterocycles. The first-order chi connectivity index (χ1) is 11.2. The lowest BCUT2D eigenvalue weighted by Crippen LogP contribution is -2.27. The zero-order valence-electron chi connectivity index (χ0n) is 14.2. The van der Waals surface area contributed by atoms with Crippen molar-refractivity contribution in [2.45, 2.75) is 26.2 Å². The van der Waals surface area contributed by atoms with Crippen molar-refractivity contribution in [1.82, 2.24) is 10.6 Å². The van der Waals surface area contributed by atoms with Crippen LogP contribution in [-0.2, 0) is 23.7 Å². The summed E-state index contributed by atoms with van der Waals surface area (Å²) in [5.74, 6) is 0.0746.